The van der Waals surface area contributed by atoms with Crippen molar-refractivity contribution >= 4 is 22.5 Å². The van der Waals surface area contributed by atoms with Gasteiger partial charge in [0.05, 0.1) is 17.4 Å². The molecule has 0 aliphatic rings. The van der Waals surface area contributed by atoms with E-state index in [0.717, 1.165) is 11.3 Å². The van der Waals surface area contributed by atoms with Crippen molar-refractivity contribution in [1.82, 2.24) is 9.66 Å². The van der Waals surface area contributed by atoms with Gasteiger partial charge in [-0.05, 0) is 24.3 Å². The van der Waals surface area contributed by atoms with Gasteiger partial charge in [0.1, 0.15) is 0 Å². The molecule has 138 valence electrons. The summed E-state index contributed by atoms with van der Waals surface area (Å²) in [6.45, 7) is 0.0253. The number of hydrogen-bond donors (Lipinski definition) is 2. The summed E-state index contributed by atoms with van der Waals surface area (Å²) in [6, 6.07) is 25.8. The lowest BCUT2D eigenvalue weighted by molar-refractivity contribution is -0.115. The number of nitrogens with one attached hydrogen (secondary N) is 2. The molecule has 0 fully saturated rings. The molecule has 4 aromatic rings. The maximum Gasteiger partial charge on any atom is 0.280 e. The van der Waals surface area contributed by atoms with Crippen molar-refractivity contribution in [2.75, 3.05) is 17.3 Å². The minimum atomic E-state index is -0.347. The Labute approximate surface area is 161 Å². The molecule has 0 saturated carbocycles. The Morgan fingerprint density at radius 2 is 1.50 bits per heavy atom. The summed E-state index contributed by atoms with van der Waals surface area (Å²) >= 11 is 0. The largest absolute Gasteiger partial charge is 0.376 e. The van der Waals surface area contributed by atoms with Crippen molar-refractivity contribution in [2.45, 2.75) is 0 Å². The van der Waals surface area contributed by atoms with Gasteiger partial charge >= 0.3 is 0 Å². The number of rotatable bonds is 5. The smallest absolute Gasteiger partial charge is 0.280 e. The zero-order valence-electron chi connectivity index (χ0n) is 15.0. The fraction of sp³-hybridized carbons (Fsp3) is 0.0455. The monoisotopic (exact) mass is 370 g/mol. The van der Waals surface area contributed by atoms with Crippen molar-refractivity contribution < 1.29 is 4.79 Å². The standard InChI is InChI=1S/C22H18N4O2/c27-20(15-23-17-11-5-2-6-12-17)25-26-21(16-9-3-1-4-10-16)24-19-14-8-7-13-18(19)22(26)28/h1-14,23H,15H2,(H,25,27). The van der Waals surface area contributed by atoms with Crippen molar-refractivity contribution in [3.8, 4) is 11.4 Å². The molecule has 28 heavy (non-hydrogen) atoms. The third-order valence-electron chi connectivity index (χ3n) is 4.27. The van der Waals surface area contributed by atoms with Crippen molar-refractivity contribution in [1.29, 1.82) is 0 Å². The van der Waals surface area contributed by atoms with Crippen LogP contribution in [0.5, 0.6) is 0 Å². The molecule has 1 heterocycles. The summed E-state index contributed by atoms with van der Waals surface area (Å²) < 4.78 is 1.21. The van der Waals surface area contributed by atoms with Crippen LogP contribution in [0.2, 0.25) is 0 Å². The van der Waals surface area contributed by atoms with Gasteiger partial charge in [-0.3, -0.25) is 15.0 Å². The van der Waals surface area contributed by atoms with Crippen LogP contribution in [-0.4, -0.2) is 22.1 Å². The van der Waals surface area contributed by atoms with Crippen molar-refractivity contribution in [3.05, 3.63) is 95.3 Å². The van der Waals surface area contributed by atoms with Crippen LogP contribution in [-0.2, 0) is 4.79 Å². The third kappa shape index (κ3) is 3.61. The number of aromatic nitrogens is 2. The molecule has 3 aromatic carbocycles. The highest BCUT2D eigenvalue weighted by Gasteiger charge is 2.14. The van der Waals surface area contributed by atoms with E-state index in [1.165, 1.54) is 4.68 Å². The Morgan fingerprint density at radius 3 is 2.25 bits per heavy atom. The molecule has 2 N–H and O–H groups in total. The number of fused-ring (bicyclic) bond motifs is 1. The van der Waals surface area contributed by atoms with Gasteiger partial charge in [-0.15, -0.1) is 0 Å². The summed E-state index contributed by atoms with van der Waals surface area (Å²) in [5.41, 5.74) is 4.50. The molecule has 6 heteroatoms. The van der Waals surface area contributed by atoms with Gasteiger partial charge in [0.2, 0.25) is 0 Å². The maximum absolute atomic E-state index is 13.0. The number of para-hydroxylation sites is 2. The normalized spacial score (nSPS) is 10.6. The molecule has 1 aromatic heterocycles. The number of anilines is 1. The Kier molecular flexibility index (Phi) is 4.84. The number of carbonyl (C=O) groups is 1. The molecule has 0 aliphatic heterocycles. The number of hydrogen-bond acceptors (Lipinski definition) is 4. The molecule has 0 saturated heterocycles. The zero-order chi connectivity index (χ0) is 19.3. The first-order chi connectivity index (χ1) is 13.7. The topological polar surface area (TPSA) is 76.0 Å². The second kappa shape index (κ2) is 7.75. The average Bonchev–Trinajstić information content (AvgIpc) is 2.75. The first-order valence-electron chi connectivity index (χ1n) is 8.88. The number of amides is 1. The molecule has 0 radical (unpaired) electrons. The van der Waals surface area contributed by atoms with E-state index in [1.807, 2.05) is 66.7 Å². The molecule has 4 rings (SSSR count). The number of nitrogens with zero attached hydrogens (tertiary/aromatic N) is 2. The van der Waals surface area contributed by atoms with Crippen LogP contribution in [0.4, 0.5) is 5.69 Å². The molecular weight excluding hydrogens is 352 g/mol. The predicted octanol–water partition coefficient (Wildman–Crippen LogP) is 3.25. The zero-order valence-corrected chi connectivity index (χ0v) is 15.0. The van der Waals surface area contributed by atoms with Gasteiger partial charge in [0, 0.05) is 11.3 Å². The Bertz CT molecular complexity index is 1170. The summed E-state index contributed by atoms with van der Waals surface area (Å²) in [7, 11) is 0. The molecule has 6 nitrogen and oxygen atoms in total. The van der Waals surface area contributed by atoms with E-state index in [0.29, 0.717) is 16.7 Å². The van der Waals surface area contributed by atoms with E-state index in [2.05, 4.69) is 15.7 Å². The fourth-order valence-electron chi connectivity index (χ4n) is 2.92. The van der Waals surface area contributed by atoms with Crippen LogP contribution in [0.3, 0.4) is 0 Å². The Balaban J connectivity index is 1.69. The van der Waals surface area contributed by atoms with E-state index >= 15 is 0 Å². The summed E-state index contributed by atoms with van der Waals surface area (Å²) in [4.78, 5) is 30.1. The molecule has 0 atom stereocenters. The Hall–Kier alpha value is -3.93. The molecule has 0 spiro atoms. The van der Waals surface area contributed by atoms with Crippen LogP contribution >= 0.6 is 0 Å². The maximum atomic E-state index is 13.0. The quantitative estimate of drug-likeness (QED) is 0.565. The summed E-state index contributed by atoms with van der Waals surface area (Å²) in [5.74, 6) is 0.0394. The van der Waals surface area contributed by atoms with Gasteiger partial charge in [-0.25, -0.2) is 4.98 Å². The van der Waals surface area contributed by atoms with E-state index in [4.69, 9.17) is 0 Å². The third-order valence-corrected chi connectivity index (χ3v) is 4.27. The lowest BCUT2D eigenvalue weighted by atomic mass is 10.2. The highest BCUT2D eigenvalue weighted by atomic mass is 16.2. The molecule has 0 bridgehead atoms. The van der Waals surface area contributed by atoms with E-state index in [1.54, 1.807) is 18.2 Å². The molecular formula is C22H18N4O2. The Morgan fingerprint density at radius 1 is 0.857 bits per heavy atom. The van der Waals surface area contributed by atoms with Crippen molar-refractivity contribution in [2.24, 2.45) is 0 Å². The van der Waals surface area contributed by atoms with Crippen LogP contribution in [0.25, 0.3) is 22.3 Å². The summed E-state index contributed by atoms with van der Waals surface area (Å²) in [6.07, 6.45) is 0. The fourth-order valence-corrected chi connectivity index (χ4v) is 2.92. The first-order valence-corrected chi connectivity index (χ1v) is 8.88. The SMILES string of the molecule is O=C(CNc1ccccc1)Nn1c(-c2ccccc2)nc2ccccc2c1=O. The van der Waals surface area contributed by atoms with Gasteiger partial charge in [0.25, 0.3) is 11.5 Å². The predicted molar refractivity (Wildman–Crippen MR) is 111 cm³/mol. The molecule has 1 amide bonds. The van der Waals surface area contributed by atoms with Crippen LogP contribution < -0.4 is 16.3 Å². The van der Waals surface area contributed by atoms with E-state index in [9.17, 15) is 9.59 Å². The van der Waals surface area contributed by atoms with Crippen LogP contribution in [0, 0.1) is 0 Å². The minimum Gasteiger partial charge on any atom is -0.376 e. The van der Waals surface area contributed by atoms with Gasteiger partial charge < -0.3 is 5.32 Å². The van der Waals surface area contributed by atoms with Gasteiger partial charge in [-0.1, -0.05) is 60.7 Å². The van der Waals surface area contributed by atoms with Crippen LogP contribution in [0.1, 0.15) is 0 Å². The highest BCUT2D eigenvalue weighted by Crippen LogP contribution is 2.17. The average molecular weight is 370 g/mol. The van der Waals surface area contributed by atoms with Gasteiger partial charge in [-0.2, -0.15) is 4.68 Å². The lowest BCUT2D eigenvalue weighted by Crippen LogP contribution is -2.37. The second-order valence-electron chi connectivity index (χ2n) is 6.21. The molecule has 0 aliphatic carbocycles. The van der Waals surface area contributed by atoms with Gasteiger partial charge in [0.15, 0.2) is 5.82 Å². The van der Waals surface area contributed by atoms with Crippen molar-refractivity contribution in [3.63, 3.8) is 0 Å². The number of benzene rings is 3. The van der Waals surface area contributed by atoms with Crippen LogP contribution in [0.15, 0.2) is 89.7 Å². The first kappa shape index (κ1) is 17.5. The highest BCUT2D eigenvalue weighted by molar-refractivity contribution is 5.89. The second-order valence-corrected chi connectivity index (χ2v) is 6.21. The minimum absolute atomic E-state index is 0.0253. The summed E-state index contributed by atoms with van der Waals surface area (Å²) in [5, 5.41) is 3.48. The number of carbonyl (C=O) groups excluding carboxylic acids is 1. The molecule has 0 unspecified atom stereocenters. The lowest BCUT2D eigenvalue weighted by Gasteiger charge is -2.15. The van der Waals surface area contributed by atoms with E-state index < -0.39 is 0 Å². The van der Waals surface area contributed by atoms with E-state index in [-0.39, 0.29) is 18.0 Å².